The number of benzene rings is 1. The van der Waals surface area contributed by atoms with Crippen LogP contribution >= 0.6 is 0 Å². The zero-order chi connectivity index (χ0) is 16.3. The summed E-state index contributed by atoms with van der Waals surface area (Å²) in [4.78, 5) is 12.1. The zero-order valence-corrected chi connectivity index (χ0v) is 13.2. The average Bonchev–Trinajstić information content (AvgIpc) is 2.53. The Bertz CT molecular complexity index is 710. The molecule has 0 aliphatic heterocycles. The molecule has 118 valence electrons. The van der Waals surface area contributed by atoms with E-state index in [0.29, 0.717) is 22.6 Å². The second kappa shape index (κ2) is 6.62. The van der Waals surface area contributed by atoms with Crippen LogP contribution in [0.25, 0.3) is 0 Å². The SMILES string of the molecule is COc1ccc(OC)c(C(N)c2cc(C(C)C)n[nH]c2=O)c1. The summed E-state index contributed by atoms with van der Waals surface area (Å²) < 4.78 is 10.6. The van der Waals surface area contributed by atoms with Crippen molar-refractivity contribution in [1.29, 1.82) is 0 Å². The summed E-state index contributed by atoms with van der Waals surface area (Å²) in [6.45, 7) is 4.00. The van der Waals surface area contributed by atoms with E-state index in [1.807, 2.05) is 13.8 Å². The fourth-order valence-electron chi connectivity index (χ4n) is 2.21. The molecule has 2 rings (SSSR count). The lowest BCUT2D eigenvalue weighted by Gasteiger charge is -2.17. The standard InChI is InChI=1S/C16H21N3O3/c1-9(2)13-8-12(16(20)19-18-13)15(17)11-7-10(21-3)5-6-14(11)22-4/h5-9,15H,17H2,1-4H3,(H,19,20). The molecule has 6 nitrogen and oxygen atoms in total. The highest BCUT2D eigenvalue weighted by Crippen LogP contribution is 2.31. The van der Waals surface area contributed by atoms with Crippen LogP contribution < -0.4 is 20.8 Å². The van der Waals surface area contributed by atoms with Crippen molar-refractivity contribution in [2.75, 3.05) is 14.2 Å². The van der Waals surface area contributed by atoms with Gasteiger partial charge in [-0.15, -0.1) is 0 Å². The molecule has 0 spiro atoms. The van der Waals surface area contributed by atoms with Crippen molar-refractivity contribution in [3.63, 3.8) is 0 Å². The summed E-state index contributed by atoms with van der Waals surface area (Å²) in [5, 5.41) is 6.55. The minimum Gasteiger partial charge on any atom is -0.497 e. The monoisotopic (exact) mass is 303 g/mol. The number of rotatable bonds is 5. The van der Waals surface area contributed by atoms with Gasteiger partial charge in [-0.1, -0.05) is 13.8 Å². The molecule has 2 aromatic rings. The summed E-state index contributed by atoms with van der Waals surface area (Å²) in [5.74, 6) is 1.45. The number of aromatic nitrogens is 2. The van der Waals surface area contributed by atoms with Gasteiger partial charge >= 0.3 is 0 Å². The second-order valence-corrected chi connectivity index (χ2v) is 5.32. The highest BCUT2D eigenvalue weighted by molar-refractivity contribution is 5.45. The van der Waals surface area contributed by atoms with Gasteiger partial charge in [-0.2, -0.15) is 5.10 Å². The van der Waals surface area contributed by atoms with Crippen LogP contribution in [0.2, 0.25) is 0 Å². The van der Waals surface area contributed by atoms with Gasteiger partial charge < -0.3 is 15.2 Å². The van der Waals surface area contributed by atoms with Crippen molar-refractivity contribution >= 4 is 0 Å². The van der Waals surface area contributed by atoms with Crippen LogP contribution in [0.4, 0.5) is 0 Å². The van der Waals surface area contributed by atoms with Crippen molar-refractivity contribution in [3.05, 3.63) is 51.4 Å². The fourth-order valence-corrected chi connectivity index (χ4v) is 2.21. The highest BCUT2D eigenvalue weighted by atomic mass is 16.5. The number of hydrogen-bond acceptors (Lipinski definition) is 5. The first-order valence-corrected chi connectivity index (χ1v) is 7.05. The molecule has 1 aromatic heterocycles. The van der Waals surface area contributed by atoms with E-state index in [1.165, 1.54) is 0 Å². The first-order chi connectivity index (χ1) is 10.5. The molecule has 1 unspecified atom stereocenters. The van der Waals surface area contributed by atoms with Crippen molar-refractivity contribution in [1.82, 2.24) is 10.2 Å². The molecule has 1 aromatic carbocycles. The molecule has 0 aliphatic rings. The van der Waals surface area contributed by atoms with Crippen molar-refractivity contribution < 1.29 is 9.47 Å². The number of nitrogens with one attached hydrogen (secondary N) is 1. The molecule has 3 N–H and O–H groups in total. The smallest absolute Gasteiger partial charge is 0.269 e. The molecular weight excluding hydrogens is 282 g/mol. The minimum atomic E-state index is -0.630. The van der Waals surface area contributed by atoms with Gasteiger partial charge in [0.25, 0.3) is 5.56 Å². The van der Waals surface area contributed by atoms with Gasteiger partial charge in [0, 0.05) is 11.1 Å². The lowest BCUT2D eigenvalue weighted by atomic mass is 9.98. The van der Waals surface area contributed by atoms with E-state index in [1.54, 1.807) is 38.5 Å². The molecule has 0 aliphatic carbocycles. The van der Waals surface area contributed by atoms with Crippen molar-refractivity contribution in [2.24, 2.45) is 5.73 Å². The summed E-state index contributed by atoms with van der Waals surface area (Å²) in [5.41, 5.74) is 7.92. The predicted molar refractivity (Wildman–Crippen MR) is 84.5 cm³/mol. The molecule has 0 radical (unpaired) electrons. The van der Waals surface area contributed by atoms with Crippen LogP contribution in [0, 0.1) is 0 Å². The van der Waals surface area contributed by atoms with Crippen LogP contribution in [-0.2, 0) is 0 Å². The molecule has 0 bridgehead atoms. The zero-order valence-electron chi connectivity index (χ0n) is 13.2. The summed E-state index contributed by atoms with van der Waals surface area (Å²) in [6.07, 6.45) is 0. The van der Waals surface area contributed by atoms with Gasteiger partial charge in [0.15, 0.2) is 0 Å². The molecule has 1 atom stereocenters. The summed E-state index contributed by atoms with van der Waals surface area (Å²) >= 11 is 0. The van der Waals surface area contributed by atoms with Gasteiger partial charge in [-0.25, -0.2) is 5.10 Å². The van der Waals surface area contributed by atoms with Gasteiger partial charge in [-0.05, 0) is 30.2 Å². The Morgan fingerprint density at radius 2 is 1.86 bits per heavy atom. The molecule has 0 fully saturated rings. The molecule has 0 amide bonds. The fraction of sp³-hybridized carbons (Fsp3) is 0.375. The lowest BCUT2D eigenvalue weighted by Crippen LogP contribution is -2.25. The number of methoxy groups -OCH3 is 2. The third-order valence-electron chi connectivity index (χ3n) is 3.55. The Hall–Kier alpha value is -2.34. The van der Waals surface area contributed by atoms with Gasteiger partial charge in [0.1, 0.15) is 11.5 Å². The first kappa shape index (κ1) is 16.0. The Labute approximate surface area is 129 Å². The molecule has 22 heavy (non-hydrogen) atoms. The number of nitrogens with zero attached hydrogens (tertiary/aromatic N) is 1. The summed E-state index contributed by atoms with van der Waals surface area (Å²) in [7, 11) is 3.14. The Balaban J connectivity index is 2.54. The maximum absolute atomic E-state index is 12.1. The molecule has 0 saturated carbocycles. The topological polar surface area (TPSA) is 90.2 Å². The predicted octanol–water partition coefficient (Wildman–Crippen LogP) is 1.96. The second-order valence-electron chi connectivity index (χ2n) is 5.32. The van der Waals surface area contributed by atoms with E-state index in [0.717, 1.165) is 5.69 Å². The number of ether oxygens (including phenoxy) is 2. The van der Waals surface area contributed by atoms with Crippen molar-refractivity contribution in [3.8, 4) is 11.5 Å². The van der Waals surface area contributed by atoms with Gasteiger partial charge in [-0.3, -0.25) is 4.79 Å². The molecule has 6 heteroatoms. The van der Waals surface area contributed by atoms with Crippen LogP contribution in [0.15, 0.2) is 29.1 Å². The number of aromatic amines is 1. The third-order valence-corrected chi connectivity index (χ3v) is 3.55. The van der Waals surface area contributed by atoms with E-state index in [4.69, 9.17) is 15.2 Å². The van der Waals surface area contributed by atoms with Crippen LogP contribution in [0.1, 0.15) is 42.6 Å². The summed E-state index contributed by atoms with van der Waals surface area (Å²) in [6, 6.07) is 6.44. The number of hydrogen-bond donors (Lipinski definition) is 2. The van der Waals surface area contributed by atoms with E-state index in [9.17, 15) is 4.79 Å². The van der Waals surface area contributed by atoms with E-state index in [-0.39, 0.29) is 11.5 Å². The van der Waals surface area contributed by atoms with Crippen molar-refractivity contribution in [2.45, 2.75) is 25.8 Å². The van der Waals surface area contributed by atoms with E-state index in [2.05, 4.69) is 10.2 Å². The highest BCUT2D eigenvalue weighted by Gasteiger charge is 2.19. The number of nitrogens with two attached hydrogens (primary N) is 1. The van der Waals surface area contributed by atoms with Crippen LogP contribution in [-0.4, -0.2) is 24.4 Å². The van der Waals surface area contributed by atoms with E-state index >= 15 is 0 Å². The number of H-pyrrole nitrogens is 1. The quantitative estimate of drug-likeness (QED) is 0.881. The van der Waals surface area contributed by atoms with E-state index < -0.39 is 6.04 Å². The first-order valence-electron chi connectivity index (χ1n) is 7.05. The molecule has 0 saturated heterocycles. The normalized spacial score (nSPS) is 12.3. The van der Waals surface area contributed by atoms with Gasteiger partial charge in [0.05, 0.1) is 26.0 Å². The van der Waals surface area contributed by atoms with Gasteiger partial charge in [0.2, 0.25) is 0 Å². The lowest BCUT2D eigenvalue weighted by molar-refractivity contribution is 0.397. The molecule has 1 heterocycles. The Morgan fingerprint density at radius 1 is 1.14 bits per heavy atom. The van der Waals surface area contributed by atoms with Crippen LogP contribution in [0.3, 0.4) is 0 Å². The third kappa shape index (κ3) is 3.12. The Kier molecular flexibility index (Phi) is 4.82. The Morgan fingerprint density at radius 3 is 2.45 bits per heavy atom. The average molecular weight is 303 g/mol. The maximum Gasteiger partial charge on any atom is 0.269 e. The molecular formula is C16H21N3O3. The minimum absolute atomic E-state index is 0.190. The van der Waals surface area contributed by atoms with Crippen LogP contribution in [0.5, 0.6) is 11.5 Å². The largest absolute Gasteiger partial charge is 0.497 e. The maximum atomic E-state index is 12.1.